The number of benzene rings is 1. The first-order valence-corrected chi connectivity index (χ1v) is 8.02. The lowest BCUT2D eigenvalue weighted by Crippen LogP contribution is -2.42. The van der Waals surface area contributed by atoms with E-state index < -0.39 is 23.3 Å². The number of nitrogen functional groups attached to an aromatic ring is 1. The number of aromatic nitrogens is 2. The molecule has 0 spiro atoms. The number of nitrogens with two attached hydrogens (primary N) is 1. The van der Waals surface area contributed by atoms with Crippen LogP contribution in [0.5, 0.6) is 11.5 Å². The number of fused-ring (bicyclic) bond motifs is 1. The van der Waals surface area contributed by atoms with E-state index in [1.807, 2.05) is 0 Å². The molecule has 1 aliphatic rings. The van der Waals surface area contributed by atoms with Gasteiger partial charge in [0.1, 0.15) is 5.82 Å². The van der Waals surface area contributed by atoms with Crippen molar-refractivity contribution >= 4 is 23.4 Å². The van der Waals surface area contributed by atoms with Gasteiger partial charge in [-0.15, -0.1) is 0 Å². The van der Waals surface area contributed by atoms with E-state index in [-0.39, 0.29) is 23.0 Å². The quantitative estimate of drug-likeness (QED) is 0.353. The molecule has 0 radical (unpaired) electrons. The number of aromatic amines is 1. The number of amides is 1. The highest BCUT2D eigenvalue weighted by Crippen LogP contribution is 2.41. The normalized spacial score (nSPS) is 19.2. The van der Waals surface area contributed by atoms with Crippen LogP contribution in [0.1, 0.15) is 24.0 Å². The van der Waals surface area contributed by atoms with Crippen LogP contribution in [0.25, 0.3) is 0 Å². The minimum atomic E-state index is -0.924. The molecule has 2 aromatic rings. The Hall–Kier alpha value is -3.56. The van der Waals surface area contributed by atoms with Gasteiger partial charge in [-0.2, -0.15) is 4.98 Å². The number of carbonyl (C=O) groups is 1. The fourth-order valence-corrected chi connectivity index (χ4v) is 3.29. The standard InChI is InChI=1S/C17H19N5O5/c1-7(22-25)11-12(8-4-5-9(26-2)10(6-8)27-3)13-14(19-15(11)23)20-17(18)21-16(13)24/h4-6,11-12,25H,1-3H3,(H4,18,19,20,21,23,24)/b22-7+/t11-,12-/m0/s1. The molecule has 10 heteroatoms. The van der Waals surface area contributed by atoms with E-state index >= 15 is 0 Å². The summed E-state index contributed by atoms with van der Waals surface area (Å²) in [4.78, 5) is 31.8. The summed E-state index contributed by atoms with van der Waals surface area (Å²) < 4.78 is 10.6. The maximum atomic E-state index is 12.7. The third-order valence-corrected chi connectivity index (χ3v) is 4.52. The molecular weight excluding hydrogens is 354 g/mol. The summed E-state index contributed by atoms with van der Waals surface area (Å²) in [6, 6.07) is 5.04. The van der Waals surface area contributed by atoms with Crippen molar-refractivity contribution in [1.29, 1.82) is 0 Å². The Balaban J connectivity index is 2.29. The Bertz CT molecular complexity index is 984. The van der Waals surface area contributed by atoms with Crippen LogP contribution in [0, 0.1) is 5.92 Å². The number of rotatable bonds is 4. The zero-order chi connectivity index (χ0) is 19.7. The number of anilines is 2. The van der Waals surface area contributed by atoms with E-state index in [0.717, 1.165) is 0 Å². The molecule has 0 bridgehead atoms. The van der Waals surface area contributed by atoms with Crippen molar-refractivity contribution in [2.24, 2.45) is 11.1 Å². The molecule has 3 rings (SSSR count). The van der Waals surface area contributed by atoms with Crippen LogP contribution in [0.2, 0.25) is 0 Å². The first-order valence-electron chi connectivity index (χ1n) is 8.02. The number of H-pyrrole nitrogens is 1. The lowest BCUT2D eigenvalue weighted by Gasteiger charge is -2.31. The Morgan fingerprint density at radius 3 is 2.59 bits per heavy atom. The molecule has 1 aliphatic heterocycles. The second-order valence-electron chi connectivity index (χ2n) is 6.01. The molecule has 2 heterocycles. The number of nitrogens with zero attached hydrogens (tertiary/aromatic N) is 2. The number of nitrogens with one attached hydrogen (secondary N) is 2. The van der Waals surface area contributed by atoms with Crippen molar-refractivity contribution in [3.05, 3.63) is 39.7 Å². The largest absolute Gasteiger partial charge is 0.493 e. The minimum Gasteiger partial charge on any atom is -0.493 e. The van der Waals surface area contributed by atoms with Gasteiger partial charge in [0.25, 0.3) is 5.56 Å². The van der Waals surface area contributed by atoms with Gasteiger partial charge in [0.2, 0.25) is 11.9 Å². The Kier molecular flexibility index (Phi) is 4.72. The van der Waals surface area contributed by atoms with E-state index in [1.54, 1.807) is 18.2 Å². The third-order valence-electron chi connectivity index (χ3n) is 4.52. The monoisotopic (exact) mass is 373 g/mol. The molecule has 0 fully saturated rings. The van der Waals surface area contributed by atoms with E-state index in [1.165, 1.54) is 21.1 Å². The molecule has 10 nitrogen and oxygen atoms in total. The second kappa shape index (κ2) is 6.98. The van der Waals surface area contributed by atoms with Gasteiger partial charge in [0, 0.05) is 5.92 Å². The summed E-state index contributed by atoms with van der Waals surface area (Å²) in [7, 11) is 2.99. The zero-order valence-corrected chi connectivity index (χ0v) is 14.9. The fraction of sp³-hybridized carbons (Fsp3) is 0.294. The molecule has 142 valence electrons. The van der Waals surface area contributed by atoms with Crippen molar-refractivity contribution < 1.29 is 19.5 Å². The van der Waals surface area contributed by atoms with Crippen molar-refractivity contribution in [3.63, 3.8) is 0 Å². The highest BCUT2D eigenvalue weighted by molar-refractivity contribution is 6.11. The number of hydrogen-bond acceptors (Lipinski definition) is 8. The van der Waals surface area contributed by atoms with Crippen LogP contribution in [-0.2, 0) is 4.79 Å². The van der Waals surface area contributed by atoms with Crippen LogP contribution in [0.4, 0.5) is 11.8 Å². The predicted molar refractivity (Wildman–Crippen MR) is 97.7 cm³/mol. The summed E-state index contributed by atoms with van der Waals surface area (Å²) in [6.07, 6.45) is 0. The highest BCUT2D eigenvalue weighted by atomic mass is 16.5. The average molecular weight is 373 g/mol. The lowest BCUT2D eigenvalue weighted by atomic mass is 9.76. The maximum Gasteiger partial charge on any atom is 0.258 e. The lowest BCUT2D eigenvalue weighted by molar-refractivity contribution is -0.118. The smallest absolute Gasteiger partial charge is 0.258 e. The average Bonchev–Trinajstić information content (AvgIpc) is 2.65. The van der Waals surface area contributed by atoms with E-state index in [2.05, 4.69) is 20.4 Å². The molecule has 0 saturated carbocycles. The molecule has 5 N–H and O–H groups in total. The Labute approximate surface area is 154 Å². The van der Waals surface area contributed by atoms with Crippen LogP contribution >= 0.6 is 0 Å². The first-order chi connectivity index (χ1) is 12.9. The summed E-state index contributed by atoms with van der Waals surface area (Å²) in [5.74, 6) is -1.27. The van der Waals surface area contributed by atoms with Gasteiger partial charge in [-0.3, -0.25) is 14.6 Å². The van der Waals surface area contributed by atoms with Gasteiger partial charge in [-0.05, 0) is 24.6 Å². The van der Waals surface area contributed by atoms with E-state index in [9.17, 15) is 14.8 Å². The summed E-state index contributed by atoms with van der Waals surface area (Å²) in [6.45, 7) is 1.50. The van der Waals surface area contributed by atoms with Crippen LogP contribution in [-0.4, -0.2) is 41.0 Å². The molecular formula is C17H19N5O5. The van der Waals surface area contributed by atoms with Crippen LogP contribution in [0.3, 0.4) is 0 Å². The van der Waals surface area contributed by atoms with Crippen molar-refractivity contribution in [3.8, 4) is 11.5 Å². The molecule has 1 amide bonds. The summed E-state index contributed by atoms with van der Waals surface area (Å²) in [5, 5.41) is 15.0. The zero-order valence-electron chi connectivity index (χ0n) is 14.9. The highest BCUT2D eigenvalue weighted by Gasteiger charge is 2.42. The summed E-state index contributed by atoms with van der Waals surface area (Å²) >= 11 is 0. The molecule has 0 saturated heterocycles. The minimum absolute atomic E-state index is 0.0722. The van der Waals surface area contributed by atoms with Gasteiger partial charge in [-0.25, -0.2) is 0 Å². The number of hydrogen-bond donors (Lipinski definition) is 4. The molecule has 27 heavy (non-hydrogen) atoms. The van der Waals surface area contributed by atoms with E-state index in [0.29, 0.717) is 17.1 Å². The van der Waals surface area contributed by atoms with Gasteiger partial charge >= 0.3 is 0 Å². The van der Waals surface area contributed by atoms with Gasteiger partial charge in [-0.1, -0.05) is 11.2 Å². The molecule has 1 aromatic carbocycles. The fourth-order valence-electron chi connectivity index (χ4n) is 3.29. The number of oxime groups is 1. The number of methoxy groups -OCH3 is 2. The predicted octanol–water partition coefficient (Wildman–Crippen LogP) is 0.920. The number of carbonyl (C=O) groups excluding carboxylic acids is 1. The Morgan fingerprint density at radius 1 is 1.26 bits per heavy atom. The van der Waals surface area contributed by atoms with Crippen LogP contribution < -0.4 is 26.1 Å². The van der Waals surface area contributed by atoms with Gasteiger partial charge < -0.3 is 25.7 Å². The molecule has 1 aromatic heterocycles. The molecule has 0 aliphatic carbocycles. The first kappa shape index (κ1) is 18.2. The topological polar surface area (TPSA) is 152 Å². The SMILES string of the molecule is COc1ccc([C@@H]2c3c(nc(N)[nH]c3=O)NC(=O)[C@H]2/C(C)=N/O)cc1OC. The van der Waals surface area contributed by atoms with Crippen molar-refractivity contribution in [1.82, 2.24) is 9.97 Å². The second-order valence-corrected chi connectivity index (χ2v) is 6.01. The number of ether oxygens (including phenoxy) is 2. The van der Waals surface area contributed by atoms with Crippen molar-refractivity contribution in [2.75, 3.05) is 25.3 Å². The van der Waals surface area contributed by atoms with E-state index in [4.69, 9.17) is 15.2 Å². The maximum absolute atomic E-state index is 12.7. The van der Waals surface area contributed by atoms with Gasteiger partial charge in [0.05, 0.1) is 31.4 Å². The van der Waals surface area contributed by atoms with Crippen LogP contribution in [0.15, 0.2) is 28.1 Å². The third kappa shape index (κ3) is 3.05. The Morgan fingerprint density at radius 2 is 1.96 bits per heavy atom. The molecule has 0 unspecified atom stereocenters. The van der Waals surface area contributed by atoms with Gasteiger partial charge in [0.15, 0.2) is 11.5 Å². The molecule has 2 atom stereocenters. The van der Waals surface area contributed by atoms with Crippen molar-refractivity contribution in [2.45, 2.75) is 12.8 Å². The summed E-state index contributed by atoms with van der Waals surface area (Å²) in [5.41, 5.74) is 6.06.